The van der Waals surface area contributed by atoms with E-state index in [-0.39, 0.29) is 16.1 Å². The zero-order valence-electron chi connectivity index (χ0n) is 14.6. The molecule has 5 nitrogen and oxygen atoms in total. The van der Waals surface area contributed by atoms with E-state index in [4.69, 9.17) is 0 Å². The molecule has 1 heterocycles. The molecule has 26 heavy (non-hydrogen) atoms. The van der Waals surface area contributed by atoms with Crippen molar-refractivity contribution in [3.63, 3.8) is 0 Å². The maximum Gasteiger partial charge on any atom is 0.240 e. The SMILES string of the molecule is C[C@@H]1CC(=O)Nc2cc(S(=O)(=O)NCCCc3ccccc3)ccc2S1. The van der Waals surface area contributed by atoms with Crippen LogP contribution in [0.4, 0.5) is 5.69 Å². The van der Waals surface area contributed by atoms with Crippen LogP contribution < -0.4 is 10.0 Å². The number of carbonyl (C=O) groups excluding carboxylic acids is 1. The summed E-state index contributed by atoms with van der Waals surface area (Å²) < 4.78 is 27.7. The second kappa shape index (κ2) is 8.24. The van der Waals surface area contributed by atoms with Crippen LogP contribution in [0.5, 0.6) is 0 Å². The Morgan fingerprint density at radius 2 is 1.96 bits per heavy atom. The van der Waals surface area contributed by atoms with E-state index >= 15 is 0 Å². The van der Waals surface area contributed by atoms with Gasteiger partial charge in [0.05, 0.1) is 10.6 Å². The van der Waals surface area contributed by atoms with Crippen LogP contribution in [0.15, 0.2) is 58.3 Å². The number of rotatable bonds is 6. The quantitative estimate of drug-likeness (QED) is 0.741. The van der Waals surface area contributed by atoms with E-state index in [0.29, 0.717) is 18.7 Å². The lowest BCUT2D eigenvalue weighted by molar-refractivity contribution is -0.116. The summed E-state index contributed by atoms with van der Waals surface area (Å²) in [6, 6.07) is 14.9. The van der Waals surface area contributed by atoms with Crippen molar-refractivity contribution in [2.24, 2.45) is 0 Å². The molecular weight excluding hydrogens is 368 g/mol. The van der Waals surface area contributed by atoms with Crippen molar-refractivity contribution < 1.29 is 13.2 Å². The Bertz CT molecular complexity index is 883. The molecule has 0 bridgehead atoms. The van der Waals surface area contributed by atoms with Crippen LogP contribution in [0.25, 0.3) is 0 Å². The van der Waals surface area contributed by atoms with Crippen LogP contribution in [0.1, 0.15) is 25.3 Å². The van der Waals surface area contributed by atoms with Crippen molar-refractivity contribution in [3.05, 3.63) is 54.1 Å². The largest absolute Gasteiger partial charge is 0.325 e. The fourth-order valence-electron chi connectivity index (χ4n) is 2.82. The molecule has 138 valence electrons. The molecule has 1 aliphatic rings. The average Bonchev–Trinajstić information content (AvgIpc) is 2.75. The Hall–Kier alpha value is -1.83. The van der Waals surface area contributed by atoms with Crippen LogP contribution in [0.3, 0.4) is 0 Å². The number of carbonyl (C=O) groups is 1. The molecule has 1 atom stereocenters. The molecule has 0 saturated heterocycles. The molecule has 0 spiro atoms. The molecular formula is C19H22N2O3S2. The van der Waals surface area contributed by atoms with Gasteiger partial charge in [-0.2, -0.15) is 0 Å². The summed E-state index contributed by atoms with van der Waals surface area (Å²) in [7, 11) is -3.60. The topological polar surface area (TPSA) is 75.3 Å². The van der Waals surface area contributed by atoms with Crippen molar-refractivity contribution in [1.29, 1.82) is 0 Å². The molecule has 3 rings (SSSR count). The molecule has 0 radical (unpaired) electrons. The Kier molecular flexibility index (Phi) is 6.01. The minimum Gasteiger partial charge on any atom is -0.325 e. The number of thioether (sulfide) groups is 1. The monoisotopic (exact) mass is 390 g/mol. The lowest BCUT2D eigenvalue weighted by Crippen LogP contribution is -2.25. The van der Waals surface area contributed by atoms with Crippen LogP contribution in [0.2, 0.25) is 0 Å². The predicted octanol–water partition coefficient (Wildman–Crippen LogP) is 3.42. The third-order valence-corrected chi connectivity index (χ3v) is 6.75. The Morgan fingerprint density at radius 1 is 1.19 bits per heavy atom. The standard InChI is InChI=1S/C19H22N2O3S2/c1-14-12-19(22)21-17-13-16(9-10-18(17)25-14)26(23,24)20-11-5-8-15-6-3-2-4-7-15/h2-4,6-7,9-10,13-14,20H,5,8,11-12H2,1H3,(H,21,22)/t14-/m1/s1. The van der Waals surface area contributed by atoms with Gasteiger partial charge in [-0.15, -0.1) is 11.8 Å². The third-order valence-electron chi connectivity index (χ3n) is 4.11. The first-order valence-corrected chi connectivity index (χ1v) is 10.9. The van der Waals surface area contributed by atoms with E-state index in [2.05, 4.69) is 10.0 Å². The van der Waals surface area contributed by atoms with Crippen molar-refractivity contribution >= 4 is 33.4 Å². The number of hydrogen-bond donors (Lipinski definition) is 2. The molecule has 1 aliphatic heterocycles. The fraction of sp³-hybridized carbons (Fsp3) is 0.316. The third kappa shape index (κ3) is 4.87. The van der Waals surface area contributed by atoms with Crippen LogP contribution in [0, 0.1) is 0 Å². The fourth-order valence-corrected chi connectivity index (χ4v) is 4.98. The number of sulfonamides is 1. The summed E-state index contributed by atoms with van der Waals surface area (Å²) in [5.41, 5.74) is 1.75. The van der Waals surface area contributed by atoms with Crippen LogP contribution in [-0.4, -0.2) is 26.1 Å². The van der Waals surface area contributed by atoms with Gasteiger partial charge in [-0.25, -0.2) is 13.1 Å². The second-order valence-corrected chi connectivity index (χ2v) is 9.57. The summed E-state index contributed by atoms with van der Waals surface area (Å²) in [6.07, 6.45) is 1.95. The van der Waals surface area contributed by atoms with Gasteiger partial charge in [0.2, 0.25) is 15.9 Å². The number of anilines is 1. The van der Waals surface area contributed by atoms with Crippen molar-refractivity contribution in [1.82, 2.24) is 4.72 Å². The minimum absolute atomic E-state index is 0.0888. The lowest BCUT2D eigenvalue weighted by Gasteiger charge is -2.11. The maximum absolute atomic E-state index is 12.5. The molecule has 0 aromatic heterocycles. The highest BCUT2D eigenvalue weighted by Gasteiger charge is 2.22. The van der Waals surface area contributed by atoms with E-state index in [0.717, 1.165) is 17.7 Å². The van der Waals surface area contributed by atoms with Crippen LogP contribution in [-0.2, 0) is 21.2 Å². The summed E-state index contributed by atoms with van der Waals surface area (Å²) in [5, 5.41) is 2.96. The van der Waals surface area contributed by atoms with E-state index in [1.807, 2.05) is 37.3 Å². The Labute approximate surface area is 158 Å². The van der Waals surface area contributed by atoms with Crippen molar-refractivity contribution in [2.75, 3.05) is 11.9 Å². The molecule has 2 aromatic rings. The van der Waals surface area contributed by atoms with Crippen LogP contribution >= 0.6 is 11.8 Å². The number of fused-ring (bicyclic) bond motifs is 1. The summed E-state index contributed by atoms with van der Waals surface area (Å²) in [5.74, 6) is -0.0888. The molecule has 7 heteroatoms. The Balaban J connectivity index is 1.65. The van der Waals surface area contributed by atoms with Crippen molar-refractivity contribution in [2.45, 2.75) is 41.2 Å². The van der Waals surface area contributed by atoms with Crippen molar-refractivity contribution in [3.8, 4) is 0 Å². The van der Waals surface area contributed by atoms with E-state index < -0.39 is 10.0 Å². The van der Waals surface area contributed by atoms with Gasteiger partial charge in [-0.1, -0.05) is 37.3 Å². The lowest BCUT2D eigenvalue weighted by atomic mass is 10.1. The van der Waals surface area contributed by atoms with E-state index in [1.165, 1.54) is 11.6 Å². The molecule has 0 unspecified atom stereocenters. The number of benzene rings is 2. The molecule has 2 aromatic carbocycles. The van der Waals surface area contributed by atoms with Gasteiger partial charge in [0.1, 0.15) is 0 Å². The number of hydrogen-bond acceptors (Lipinski definition) is 4. The molecule has 0 fully saturated rings. The number of nitrogens with one attached hydrogen (secondary N) is 2. The highest BCUT2D eigenvalue weighted by Crippen LogP contribution is 2.36. The average molecular weight is 391 g/mol. The second-order valence-electron chi connectivity index (χ2n) is 6.33. The Morgan fingerprint density at radius 3 is 2.73 bits per heavy atom. The van der Waals surface area contributed by atoms with Gasteiger partial charge in [0, 0.05) is 23.1 Å². The van der Waals surface area contributed by atoms with Gasteiger partial charge < -0.3 is 5.32 Å². The molecule has 2 N–H and O–H groups in total. The first-order valence-electron chi connectivity index (χ1n) is 8.58. The zero-order chi connectivity index (χ0) is 18.6. The highest BCUT2D eigenvalue weighted by atomic mass is 32.2. The van der Waals surface area contributed by atoms with Gasteiger partial charge >= 0.3 is 0 Å². The number of amides is 1. The van der Waals surface area contributed by atoms with Gasteiger partial charge in [-0.05, 0) is 36.6 Å². The van der Waals surface area contributed by atoms with Gasteiger partial charge in [0.15, 0.2) is 0 Å². The normalized spacial score (nSPS) is 17.3. The predicted molar refractivity (Wildman–Crippen MR) is 105 cm³/mol. The molecule has 0 aliphatic carbocycles. The maximum atomic E-state index is 12.5. The molecule has 1 amide bonds. The summed E-state index contributed by atoms with van der Waals surface area (Å²) in [4.78, 5) is 12.9. The van der Waals surface area contributed by atoms with E-state index in [9.17, 15) is 13.2 Å². The zero-order valence-corrected chi connectivity index (χ0v) is 16.2. The first-order chi connectivity index (χ1) is 12.4. The summed E-state index contributed by atoms with van der Waals surface area (Å²) >= 11 is 1.58. The highest BCUT2D eigenvalue weighted by molar-refractivity contribution is 8.00. The first kappa shape index (κ1) is 18.9. The van der Waals surface area contributed by atoms with Gasteiger partial charge in [0.25, 0.3) is 0 Å². The molecule has 0 saturated carbocycles. The number of aryl methyl sites for hydroxylation is 1. The minimum atomic E-state index is -3.60. The summed E-state index contributed by atoms with van der Waals surface area (Å²) in [6.45, 7) is 2.35. The smallest absolute Gasteiger partial charge is 0.240 e. The van der Waals surface area contributed by atoms with Gasteiger partial charge in [-0.3, -0.25) is 4.79 Å². The van der Waals surface area contributed by atoms with E-state index in [1.54, 1.807) is 23.9 Å².